The van der Waals surface area contributed by atoms with Crippen LogP contribution in [0, 0.1) is 0 Å². The van der Waals surface area contributed by atoms with Crippen molar-refractivity contribution in [2.75, 3.05) is 12.5 Å². The van der Waals surface area contributed by atoms with Gasteiger partial charge >= 0.3 is 29.5 Å². The minimum atomic E-state index is -3.79. The number of rotatable bonds is 16. The van der Waals surface area contributed by atoms with Crippen molar-refractivity contribution in [3.05, 3.63) is 24.3 Å². The highest BCUT2D eigenvalue weighted by molar-refractivity contribution is 6.92. The highest BCUT2D eigenvalue weighted by Crippen LogP contribution is 2.31. The Morgan fingerprint density at radius 2 is 0.730 bits per heavy atom. The molecule has 0 N–H and O–H groups in total. The first-order chi connectivity index (χ1) is 16.4. The largest absolute Gasteiger partial charge is 0.512 e. The van der Waals surface area contributed by atoms with E-state index < -0.39 is 62.8 Å². The lowest BCUT2D eigenvalue weighted by Gasteiger charge is -2.46. The normalized spacial score (nSPS) is 14.4. The van der Waals surface area contributed by atoms with Crippen LogP contribution in [0.3, 0.4) is 0 Å². The minimum absolute atomic E-state index is 0.202. The van der Waals surface area contributed by atoms with Crippen LogP contribution in [-0.4, -0.2) is 75.3 Å². The molecule has 0 aromatic carbocycles. The van der Waals surface area contributed by atoms with E-state index in [4.69, 9.17) is 30.0 Å². The molecule has 0 amide bonds. The van der Waals surface area contributed by atoms with E-state index in [1.54, 1.807) is 26.0 Å². The van der Waals surface area contributed by atoms with Gasteiger partial charge in [0.2, 0.25) is 0 Å². The smallest absolute Gasteiger partial charge is 0.458 e. The maximum absolute atomic E-state index is 12.4. The number of hydrogen-bond acceptors (Lipinski definition) is 9. The third-order valence-corrected chi connectivity index (χ3v) is 21.8. The molecule has 0 unspecified atom stereocenters. The Kier molecular flexibility index (Phi) is 14.1. The van der Waals surface area contributed by atoms with Gasteiger partial charge in [0.15, 0.2) is 45.7 Å². The minimum Gasteiger partial charge on any atom is -0.458 e. The lowest BCUT2D eigenvalue weighted by Crippen LogP contribution is -2.70. The van der Waals surface area contributed by atoms with E-state index in [2.05, 4.69) is 0 Å². The van der Waals surface area contributed by atoms with Crippen LogP contribution in [0.1, 0.15) is 13.8 Å². The molecule has 0 aliphatic heterocycles. The first-order valence-corrected chi connectivity index (χ1v) is 30.0. The number of esters is 2. The highest BCUT2D eigenvalue weighted by atomic mass is 28.5. The van der Waals surface area contributed by atoms with Crippen molar-refractivity contribution in [2.24, 2.45) is 0 Å². The Labute approximate surface area is 231 Å². The zero-order chi connectivity index (χ0) is 29.3. The van der Waals surface area contributed by atoms with Gasteiger partial charge in [-0.25, -0.2) is 9.59 Å². The number of hydrogen-bond donors (Lipinski definition) is 0. The monoisotopic (exact) mass is 626 g/mol. The molecule has 15 heteroatoms. The van der Waals surface area contributed by atoms with Gasteiger partial charge in [-0.2, -0.15) is 0 Å². The van der Waals surface area contributed by atoms with Gasteiger partial charge in [0.25, 0.3) is 0 Å². The maximum atomic E-state index is 12.4. The fourth-order valence-electron chi connectivity index (χ4n) is 3.09. The van der Waals surface area contributed by atoms with E-state index in [9.17, 15) is 9.59 Å². The highest BCUT2D eigenvalue weighted by Gasteiger charge is 2.60. The van der Waals surface area contributed by atoms with Crippen LogP contribution in [-0.2, 0) is 39.6 Å². The van der Waals surface area contributed by atoms with Gasteiger partial charge < -0.3 is 30.0 Å². The van der Waals surface area contributed by atoms with Crippen LogP contribution < -0.4 is 0 Å². The summed E-state index contributed by atoms with van der Waals surface area (Å²) < 4.78 is 44.9. The Balaban J connectivity index is 7.01. The Morgan fingerprint density at radius 1 is 0.486 bits per heavy atom. The Bertz CT molecular complexity index is 707. The van der Waals surface area contributed by atoms with E-state index in [0.717, 1.165) is 0 Å². The predicted molar refractivity (Wildman–Crippen MR) is 162 cm³/mol. The molecule has 0 aliphatic carbocycles. The summed E-state index contributed by atoms with van der Waals surface area (Å²) in [5, 5.41) is 0. The van der Waals surface area contributed by atoms with E-state index in [-0.39, 0.29) is 12.5 Å². The van der Waals surface area contributed by atoms with Crippen molar-refractivity contribution < 1.29 is 39.6 Å². The second-order valence-corrected chi connectivity index (χ2v) is 36.8. The standard InChI is InChI=1S/C22H50O9Si6/c1-15-17-21(23)25-19-36(27-32(3,4)5,28-33(6,7)8)31-37(29-34(9,10)11,30-35(12,13)14)20-26-22(24)18-16-2/h15-18H,19-20H2,1-14H3. The fourth-order valence-corrected chi connectivity index (χ4v) is 25.2. The zero-order valence-corrected chi connectivity index (χ0v) is 31.4. The lowest BCUT2D eigenvalue weighted by atomic mass is 10.5. The summed E-state index contributed by atoms with van der Waals surface area (Å²) in [5.41, 5.74) is 0. The van der Waals surface area contributed by atoms with Gasteiger partial charge in [0.05, 0.1) is 0 Å². The van der Waals surface area contributed by atoms with Crippen LogP contribution in [0.15, 0.2) is 24.3 Å². The number of ether oxygens (including phenoxy) is 2. The van der Waals surface area contributed by atoms with Gasteiger partial charge in [-0.15, -0.1) is 0 Å². The van der Waals surface area contributed by atoms with E-state index in [1.807, 2.05) is 78.6 Å². The molecule has 37 heavy (non-hydrogen) atoms. The molecule has 0 fully saturated rings. The molecular weight excluding hydrogens is 577 g/mol. The summed E-state index contributed by atoms with van der Waals surface area (Å²) in [6.45, 7) is 27.7. The summed E-state index contributed by atoms with van der Waals surface area (Å²) in [6, 6.07) is 0. The average molecular weight is 627 g/mol. The molecule has 0 aromatic rings. The average Bonchev–Trinajstić information content (AvgIpc) is 2.59. The molecule has 0 aliphatic rings. The van der Waals surface area contributed by atoms with Gasteiger partial charge in [0.1, 0.15) is 0 Å². The van der Waals surface area contributed by atoms with Crippen LogP contribution in [0.4, 0.5) is 0 Å². The molecule has 216 valence electrons. The first kappa shape index (κ1) is 36.5. The third kappa shape index (κ3) is 17.7. The molecule has 0 heterocycles. The SMILES string of the molecule is CC=CC(=O)OC[Si](O[Si](C)(C)C)(O[Si](C)(C)C)O[Si](COC(=O)C=CC)(O[Si](C)(C)C)O[Si](C)(C)C. The van der Waals surface area contributed by atoms with Crippen LogP contribution >= 0.6 is 0 Å². The summed E-state index contributed by atoms with van der Waals surface area (Å²) >= 11 is 0. The van der Waals surface area contributed by atoms with Crippen LogP contribution in [0.5, 0.6) is 0 Å². The van der Waals surface area contributed by atoms with Gasteiger partial charge in [-0.1, -0.05) is 12.2 Å². The van der Waals surface area contributed by atoms with Gasteiger partial charge in [0, 0.05) is 12.2 Å². The number of carbonyl (C=O) groups is 2. The second-order valence-electron chi connectivity index (χ2n) is 12.5. The van der Waals surface area contributed by atoms with Gasteiger partial charge in [-0.3, -0.25) is 0 Å². The molecule has 0 radical (unpaired) electrons. The molecule has 0 saturated carbocycles. The predicted octanol–water partition coefficient (Wildman–Crippen LogP) is 5.60. The molecule has 0 rings (SSSR count). The Morgan fingerprint density at radius 3 is 0.919 bits per heavy atom. The molecule has 0 aromatic heterocycles. The van der Waals surface area contributed by atoms with Crippen LogP contribution in [0.2, 0.25) is 78.6 Å². The zero-order valence-electron chi connectivity index (χ0n) is 25.4. The summed E-state index contributed by atoms with van der Waals surface area (Å²) in [4.78, 5) is 24.8. The van der Waals surface area contributed by atoms with Crippen molar-refractivity contribution in [3.8, 4) is 0 Å². The van der Waals surface area contributed by atoms with Crippen molar-refractivity contribution in [1.29, 1.82) is 0 Å². The first-order valence-electron chi connectivity index (χ1n) is 12.5. The summed E-state index contributed by atoms with van der Waals surface area (Å²) in [7, 11) is -16.9. The molecule has 0 saturated heterocycles. The second kappa shape index (κ2) is 14.2. The van der Waals surface area contributed by atoms with E-state index >= 15 is 0 Å². The molecule has 0 spiro atoms. The van der Waals surface area contributed by atoms with E-state index in [1.165, 1.54) is 12.2 Å². The maximum Gasteiger partial charge on any atom is 0.512 e. The molecule has 0 bridgehead atoms. The fraction of sp³-hybridized carbons (Fsp3) is 0.727. The van der Waals surface area contributed by atoms with Crippen molar-refractivity contribution in [2.45, 2.75) is 92.4 Å². The van der Waals surface area contributed by atoms with Crippen molar-refractivity contribution >= 4 is 62.8 Å². The number of allylic oxidation sites excluding steroid dienone is 2. The number of carbonyl (C=O) groups excluding carboxylic acids is 2. The lowest BCUT2D eigenvalue weighted by molar-refractivity contribution is -0.137. The van der Waals surface area contributed by atoms with Gasteiger partial charge in [-0.05, 0) is 92.4 Å². The van der Waals surface area contributed by atoms with Crippen LogP contribution in [0.25, 0.3) is 0 Å². The third-order valence-electron chi connectivity index (χ3n) is 3.55. The topological polar surface area (TPSA) is 98.8 Å². The summed E-state index contributed by atoms with van der Waals surface area (Å²) in [5.74, 6) is -1.05. The van der Waals surface area contributed by atoms with Crippen molar-refractivity contribution in [3.63, 3.8) is 0 Å². The van der Waals surface area contributed by atoms with E-state index in [0.29, 0.717) is 0 Å². The van der Waals surface area contributed by atoms with Crippen molar-refractivity contribution in [1.82, 2.24) is 0 Å². The quantitative estimate of drug-likeness (QED) is 0.123. The molecular formula is C22H50O9Si6. The molecule has 0 atom stereocenters. The summed E-state index contributed by atoms with van der Waals surface area (Å²) in [6.07, 6.45) is 5.48. The Hall–Kier alpha value is -0.479. The molecule has 9 nitrogen and oxygen atoms in total.